The first kappa shape index (κ1) is 16.8. The predicted octanol–water partition coefficient (Wildman–Crippen LogP) is 4.99. The fraction of sp³-hybridized carbons (Fsp3) is 0.238. The van der Waals surface area contributed by atoms with Crippen molar-refractivity contribution in [2.75, 3.05) is 10.6 Å². The molecule has 0 bridgehead atoms. The molecule has 1 aliphatic rings. The average Bonchev–Trinajstić information content (AvgIpc) is 3.22. The van der Waals surface area contributed by atoms with Crippen LogP contribution < -0.4 is 10.6 Å². The van der Waals surface area contributed by atoms with Crippen molar-refractivity contribution in [3.63, 3.8) is 0 Å². The van der Waals surface area contributed by atoms with Crippen molar-refractivity contribution in [1.29, 1.82) is 0 Å². The van der Waals surface area contributed by atoms with Crippen LogP contribution in [0.25, 0.3) is 10.8 Å². The minimum atomic E-state index is -0.146. The molecule has 4 nitrogen and oxygen atoms in total. The number of carbonyl (C=O) groups excluding carboxylic acids is 2. The molecule has 1 aromatic heterocycles. The van der Waals surface area contributed by atoms with Crippen molar-refractivity contribution in [1.82, 2.24) is 0 Å². The molecule has 2 aromatic carbocycles. The van der Waals surface area contributed by atoms with E-state index >= 15 is 0 Å². The summed E-state index contributed by atoms with van der Waals surface area (Å²) in [6, 6.07) is 13.9. The van der Waals surface area contributed by atoms with Gasteiger partial charge < -0.3 is 10.6 Å². The van der Waals surface area contributed by atoms with Gasteiger partial charge in [0, 0.05) is 22.4 Å². The predicted molar refractivity (Wildman–Crippen MR) is 107 cm³/mol. The number of fused-ring (bicyclic) bond motifs is 2. The third kappa shape index (κ3) is 2.99. The molecular formula is C21H20N2O2S. The second-order valence-corrected chi connectivity index (χ2v) is 7.55. The van der Waals surface area contributed by atoms with Crippen molar-refractivity contribution in [2.45, 2.75) is 32.6 Å². The molecule has 0 radical (unpaired) electrons. The molecule has 5 heteroatoms. The highest BCUT2D eigenvalue weighted by atomic mass is 32.1. The van der Waals surface area contributed by atoms with E-state index in [4.69, 9.17) is 0 Å². The number of carbonyl (C=O) groups is 2. The van der Waals surface area contributed by atoms with Crippen LogP contribution in [0.3, 0.4) is 0 Å². The lowest BCUT2D eigenvalue weighted by molar-refractivity contribution is -0.115. The first-order valence-electron chi connectivity index (χ1n) is 8.91. The Kier molecular flexibility index (Phi) is 4.47. The van der Waals surface area contributed by atoms with Gasteiger partial charge in [0.15, 0.2) is 0 Å². The largest absolute Gasteiger partial charge is 0.321 e. The Bertz CT molecular complexity index is 1000. The zero-order valence-electron chi connectivity index (χ0n) is 14.6. The lowest BCUT2D eigenvalue weighted by atomic mass is 10.1. The quantitative estimate of drug-likeness (QED) is 0.685. The molecule has 4 rings (SSSR count). The van der Waals surface area contributed by atoms with E-state index in [1.807, 2.05) is 49.4 Å². The topological polar surface area (TPSA) is 58.2 Å². The number of nitrogens with one attached hydrogen (secondary N) is 2. The fourth-order valence-electron chi connectivity index (χ4n) is 3.47. The van der Waals surface area contributed by atoms with Crippen LogP contribution in [-0.2, 0) is 17.6 Å². The Morgan fingerprint density at radius 2 is 1.85 bits per heavy atom. The monoisotopic (exact) mass is 364 g/mol. The molecule has 3 aromatic rings. The highest BCUT2D eigenvalue weighted by molar-refractivity contribution is 7.17. The maximum atomic E-state index is 13.1. The minimum absolute atomic E-state index is 0.0656. The van der Waals surface area contributed by atoms with Crippen molar-refractivity contribution < 1.29 is 9.59 Å². The normalized spacial score (nSPS) is 12.8. The van der Waals surface area contributed by atoms with Crippen LogP contribution in [0.2, 0.25) is 0 Å². The van der Waals surface area contributed by atoms with E-state index in [0.717, 1.165) is 41.3 Å². The Hall–Kier alpha value is -2.66. The summed E-state index contributed by atoms with van der Waals surface area (Å²) in [5, 5.41) is 8.75. The van der Waals surface area contributed by atoms with E-state index in [0.29, 0.717) is 17.0 Å². The number of rotatable bonds is 4. The van der Waals surface area contributed by atoms with Crippen LogP contribution in [0, 0.1) is 0 Å². The number of hydrogen-bond donors (Lipinski definition) is 2. The van der Waals surface area contributed by atoms with Gasteiger partial charge in [0.1, 0.15) is 5.00 Å². The number of aryl methyl sites for hydroxylation is 1. The zero-order chi connectivity index (χ0) is 18.1. The summed E-state index contributed by atoms with van der Waals surface area (Å²) in [4.78, 5) is 26.2. The van der Waals surface area contributed by atoms with Gasteiger partial charge in [-0.1, -0.05) is 43.3 Å². The first-order chi connectivity index (χ1) is 12.7. The molecule has 1 aliphatic carbocycles. The first-order valence-corrected chi connectivity index (χ1v) is 9.72. The fourth-order valence-corrected chi connectivity index (χ4v) is 4.77. The van der Waals surface area contributed by atoms with E-state index in [2.05, 4.69) is 10.6 Å². The van der Waals surface area contributed by atoms with Crippen LogP contribution in [0.1, 0.15) is 40.6 Å². The molecule has 0 fully saturated rings. The minimum Gasteiger partial charge on any atom is -0.321 e. The third-order valence-corrected chi connectivity index (χ3v) is 5.97. The molecule has 0 spiro atoms. The number of benzene rings is 2. The second-order valence-electron chi connectivity index (χ2n) is 6.44. The summed E-state index contributed by atoms with van der Waals surface area (Å²) < 4.78 is 0. The molecule has 0 atom stereocenters. The number of amides is 2. The molecule has 0 saturated carbocycles. The van der Waals surface area contributed by atoms with Gasteiger partial charge in [-0.3, -0.25) is 9.59 Å². The van der Waals surface area contributed by atoms with Gasteiger partial charge >= 0.3 is 0 Å². The summed E-state index contributed by atoms with van der Waals surface area (Å²) in [6.07, 6.45) is 3.34. The molecule has 132 valence electrons. The number of anilines is 2. The van der Waals surface area contributed by atoms with E-state index in [1.54, 1.807) is 11.3 Å². The zero-order valence-corrected chi connectivity index (χ0v) is 15.4. The van der Waals surface area contributed by atoms with Crippen LogP contribution in [0.5, 0.6) is 0 Å². The number of hydrogen-bond acceptors (Lipinski definition) is 3. The molecule has 26 heavy (non-hydrogen) atoms. The van der Waals surface area contributed by atoms with Crippen molar-refractivity contribution in [3.8, 4) is 0 Å². The van der Waals surface area contributed by atoms with Crippen LogP contribution in [-0.4, -0.2) is 11.8 Å². The van der Waals surface area contributed by atoms with Crippen LogP contribution in [0.15, 0.2) is 42.5 Å². The van der Waals surface area contributed by atoms with Gasteiger partial charge in [-0.05, 0) is 36.3 Å². The Morgan fingerprint density at radius 1 is 1.04 bits per heavy atom. The molecule has 0 aliphatic heterocycles. The lowest BCUT2D eigenvalue weighted by Crippen LogP contribution is -2.17. The van der Waals surface area contributed by atoms with Gasteiger partial charge in [-0.15, -0.1) is 11.3 Å². The van der Waals surface area contributed by atoms with Gasteiger partial charge in [-0.2, -0.15) is 0 Å². The Labute approximate surface area is 156 Å². The summed E-state index contributed by atoms with van der Waals surface area (Å²) >= 11 is 1.54. The molecule has 2 amide bonds. The molecule has 1 heterocycles. The summed E-state index contributed by atoms with van der Waals surface area (Å²) in [7, 11) is 0. The summed E-state index contributed by atoms with van der Waals surface area (Å²) in [6.45, 7) is 1.81. The third-order valence-electron chi connectivity index (χ3n) is 4.76. The highest BCUT2D eigenvalue weighted by Gasteiger charge is 2.27. The summed E-state index contributed by atoms with van der Waals surface area (Å²) in [5.74, 6) is -0.212. The van der Waals surface area contributed by atoms with E-state index in [1.165, 1.54) is 4.88 Å². The van der Waals surface area contributed by atoms with Gasteiger partial charge in [0.2, 0.25) is 5.91 Å². The standard InChI is InChI=1S/C21H20N2O2S/c1-2-18(24)23-21-19(15-10-6-12-17(15)26-21)20(25)22-16-11-5-8-13-7-3-4-9-14(13)16/h3-5,7-9,11H,2,6,10,12H2,1H3,(H,22,25)(H,23,24). The number of thiophene rings is 1. The maximum absolute atomic E-state index is 13.1. The maximum Gasteiger partial charge on any atom is 0.258 e. The van der Waals surface area contributed by atoms with Crippen molar-refractivity contribution >= 4 is 44.6 Å². The lowest BCUT2D eigenvalue weighted by Gasteiger charge is -2.11. The van der Waals surface area contributed by atoms with Gasteiger partial charge in [0.25, 0.3) is 5.91 Å². The second kappa shape index (κ2) is 6.92. The molecular weight excluding hydrogens is 344 g/mol. The molecule has 0 saturated heterocycles. The van der Waals surface area contributed by atoms with Gasteiger partial charge in [0.05, 0.1) is 5.56 Å². The molecule has 0 unspecified atom stereocenters. The van der Waals surface area contributed by atoms with E-state index < -0.39 is 0 Å². The highest BCUT2D eigenvalue weighted by Crippen LogP contribution is 2.39. The van der Waals surface area contributed by atoms with Crippen molar-refractivity contribution in [3.05, 3.63) is 58.5 Å². The van der Waals surface area contributed by atoms with E-state index in [-0.39, 0.29) is 11.8 Å². The van der Waals surface area contributed by atoms with Crippen molar-refractivity contribution in [2.24, 2.45) is 0 Å². The van der Waals surface area contributed by atoms with Gasteiger partial charge in [-0.25, -0.2) is 0 Å². The SMILES string of the molecule is CCC(=O)Nc1sc2c(c1C(=O)Nc1cccc3ccccc13)CCC2. The van der Waals surface area contributed by atoms with E-state index in [9.17, 15) is 9.59 Å². The average molecular weight is 364 g/mol. The van der Waals surface area contributed by atoms with Crippen LogP contribution in [0.4, 0.5) is 10.7 Å². The smallest absolute Gasteiger partial charge is 0.258 e. The Balaban J connectivity index is 1.71. The summed E-state index contributed by atoms with van der Waals surface area (Å²) in [5.41, 5.74) is 2.52. The molecule has 2 N–H and O–H groups in total. The Morgan fingerprint density at radius 3 is 2.69 bits per heavy atom. The van der Waals surface area contributed by atoms with Crippen LogP contribution >= 0.6 is 11.3 Å².